The number of ether oxygens (including phenoxy) is 1. The number of halogens is 2. The van der Waals surface area contributed by atoms with Gasteiger partial charge >= 0.3 is 5.97 Å². The van der Waals surface area contributed by atoms with E-state index in [-0.39, 0.29) is 6.61 Å². The summed E-state index contributed by atoms with van der Waals surface area (Å²) in [6, 6.07) is 8.18. The summed E-state index contributed by atoms with van der Waals surface area (Å²) in [7, 11) is 0. The minimum atomic E-state index is -0.487. The van der Waals surface area contributed by atoms with E-state index >= 15 is 0 Å². The average molecular weight is 342 g/mol. The van der Waals surface area contributed by atoms with E-state index in [4.69, 9.17) is 22.1 Å². The maximum Gasteiger partial charge on any atom is 0.338 e. The normalized spacial score (nSPS) is 10.2. The molecule has 0 spiro atoms. The summed E-state index contributed by atoms with van der Waals surface area (Å²) < 4.78 is 6.00. The van der Waals surface area contributed by atoms with Gasteiger partial charge in [-0.05, 0) is 46.3 Å². The van der Waals surface area contributed by atoms with Crippen LogP contribution in [0.25, 0.3) is 0 Å². The van der Waals surface area contributed by atoms with Crippen LogP contribution >= 0.6 is 27.5 Å². The Morgan fingerprint density at radius 1 is 1.37 bits per heavy atom. The highest BCUT2D eigenvalue weighted by Gasteiger charge is 2.09. The predicted molar refractivity (Wildman–Crippen MR) is 76.9 cm³/mol. The van der Waals surface area contributed by atoms with E-state index in [1.807, 2.05) is 6.07 Å². The van der Waals surface area contributed by atoms with Crippen LogP contribution in [0.4, 0.5) is 5.69 Å². The van der Waals surface area contributed by atoms with E-state index in [2.05, 4.69) is 20.9 Å². The number of aromatic nitrogens is 1. The first-order chi connectivity index (χ1) is 9.04. The number of rotatable bonds is 3. The number of hydrogen-bond acceptors (Lipinski definition) is 4. The topological polar surface area (TPSA) is 65.2 Å². The molecule has 0 bridgehead atoms. The molecule has 0 aliphatic rings. The van der Waals surface area contributed by atoms with E-state index in [1.165, 1.54) is 12.1 Å². The van der Waals surface area contributed by atoms with Gasteiger partial charge < -0.3 is 10.5 Å². The molecule has 1 heterocycles. The zero-order valence-corrected chi connectivity index (χ0v) is 12.1. The Morgan fingerprint density at radius 2 is 2.16 bits per heavy atom. The molecule has 0 aliphatic heterocycles. The Hall–Kier alpha value is -1.59. The second-order valence-corrected chi connectivity index (χ2v) is 5.17. The van der Waals surface area contributed by atoms with Crippen molar-refractivity contribution in [2.45, 2.75) is 6.61 Å². The predicted octanol–water partition coefficient (Wildman–Crippen LogP) is 3.44. The van der Waals surface area contributed by atoms with Gasteiger partial charge in [-0.1, -0.05) is 11.6 Å². The Kier molecular flexibility index (Phi) is 4.39. The molecule has 98 valence electrons. The first kappa shape index (κ1) is 13.8. The summed E-state index contributed by atoms with van der Waals surface area (Å²) in [5, 5.41) is 0.397. The zero-order valence-electron chi connectivity index (χ0n) is 9.77. The Balaban J connectivity index is 2.03. The molecule has 0 saturated carbocycles. The van der Waals surface area contributed by atoms with Gasteiger partial charge in [-0.3, -0.25) is 4.98 Å². The lowest BCUT2D eigenvalue weighted by Crippen LogP contribution is -2.06. The quantitative estimate of drug-likeness (QED) is 0.686. The van der Waals surface area contributed by atoms with Crippen molar-refractivity contribution in [2.24, 2.45) is 0 Å². The summed E-state index contributed by atoms with van der Waals surface area (Å²) >= 11 is 9.10. The molecule has 0 amide bonds. The summed E-state index contributed by atoms with van der Waals surface area (Å²) in [5.41, 5.74) is 7.01. The highest BCUT2D eigenvalue weighted by atomic mass is 79.9. The monoisotopic (exact) mass is 340 g/mol. The molecule has 0 atom stereocenters. The highest BCUT2D eigenvalue weighted by molar-refractivity contribution is 9.10. The number of carbonyl (C=O) groups is 1. The fraction of sp³-hybridized carbons (Fsp3) is 0.0769. The minimum absolute atomic E-state index is 0.0958. The third kappa shape index (κ3) is 3.94. The molecule has 0 radical (unpaired) electrons. The van der Waals surface area contributed by atoms with Crippen LogP contribution in [0.1, 0.15) is 16.1 Å². The summed E-state index contributed by atoms with van der Waals surface area (Å²) in [4.78, 5) is 15.9. The van der Waals surface area contributed by atoms with Crippen molar-refractivity contribution in [2.75, 3.05) is 5.73 Å². The van der Waals surface area contributed by atoms with Gasteiger partial charge in [0.05, 0.1) is 11.3 Å². The van der Waals surface area contributed by atoms with Crippen molar-refractivity contribution in [3.63, 3.8) is 0 Å². The van der Waals surface area contributed by atoms with Crippen LogP contribution in [0, 0.1) is 0 Å². The first-order valence-corrected chi connectivity index (χ1v) is 6.55. The summed E-state index contributed by atoms with van der Waals surface area (Å²) in [6.45, 7) is 0.0958. The SMILES string of the molecule is Nc1cc(Cl)cc(C(=O)OCc2ccc(Br)cn2)c1. The van der Waals surface area contributed by atoms with Crippen LogP contribution in [0.15, 0.2) is 41.0 Å². The lowest BCUT2D eigenvalue weighted by molar-refractivity contribution is 0.0468. The molecule has 2 aromatic rings. The number of anilines is 1. The summed E-state index contributed by atoms with van der Waals surface area (Å²) in [6.07, 6.45) is 1.64. The lowest BCUT2D eigenvalue weighted by atomic mass is 10.2. The van der Waals surface area contributed by atoms with Gasteiger partial charge in [0.25, 0.3) is 0 Å². The molecule has 1 aromatic carbocycles. The molecule has 6 heteroatoms. The molecule has 2 rings (SSSR count). The van der Waals surface area contributed by atoms with Gasteiger partial charge in [0.1, 0.15) is 6.61 Å². The Bertz CT molecular complexity index is 582. The smallest absolute Gasteiger partial charge is 0.338 e. The second-order valence-electron chi connectivity index (χ2n) is 3.82. The van der Waals surface area contributed by atoms with Crippen LogP contribution in [0.5, 0.6) is 0 Å². The van der Waals surface area contributed by atoms with E-state index in [1.54, 1.807) is 18.3 Å². The largest absolute Gasteiger partial charge is 0.456 e. The fourth-order valence-corrected chi connectivity index (χ4v) is 1.92. The molecule has 19 heavy (non-hydrogen) atoms. The number of nitrogens with two attached hydrogens (primary N) is 1. The number of nitrogen functional groups attached to an aromatic ring is 1. The van der Waals surface area contributed by atoms with E-state index in [9.17, 15) is 4.79 Å². The van der Waals surface area contributed by atoms with Crippen LogP contribution in [-0.2, 0) is 11.3 Å². The van der Waals surface area contributed by atoms with Crippen molar-refractivity contribution in [1.29, 1.82) is 0 Å². The van der Waals surface area contributed by atoms with Gasteiger partial charge in [-0.15, -0.1) is 0 Å². The maximum atomic E-state index is 11.8. The molecule has 2 N–H and O–H groups in total. The van der Waals surface area contributed by atoms with E-state index < -0.39 is 5.97 Å². The Labute approximate surface area is 123 Å². The number of carbonyl (C=O) groups excluding carboxylic acids is 1. The van der Waals surface area contributed by atoms with E-state index in [0.717, 1.165) is 4.47 Å². The minimum Gasteiger partial charge on any atom is -0.456 e. The number of esters is 1. The molecule has 4 nitrogen and oxygen atoms in total. The van der Waals surface area contributed by atoms with E-state index in [0.29, 0.717) is 22.0 Å². The number of pyridine rings is 1. The number of nitrogens with zero attached hydrogens (tertiary/aromatic N) is 1. The number of benzene rings is 1. The molecular weight excluding hydrogens is 332 g/mol. The van der Waals surface area contributed by atoms with Crippen LogP contribution < -0.4 is 5.73 Å². The van der Waals surface area contributed by atoms with Gasteiger partial charge in [-0.25, -0.2) is 4.79 Å². The van der Waals surface area contributed by atoms with Crippen LogP contribution in [-0.4, -0.2) is 11.0 Å². The van der Waals surface area contributed by atoms with Crippen molar-refractivity contribution in [3.05, 3.63) is 57.3 Å². The molecule has 0 fully saturated rings. The fourth-order valence-electron chi connectivity index (χ4n) is 1.44. The average Bonchev–Trinajstić information content (AvgIpc) is 2.36. The standard InChI is InChI=1S/C13H10BrClN2O2/c14-9-1-2-12(17-6-9)7-19-13(18)8-3-10(15)5-11(16)4-8/h1-6H,7,16H2. The second kappa shape index (κ2) is 6.04. The van der Waals surface area contributed by atoms with Crippen molar-refractivity contribution in [1.82, 2.24) is 4.98 Å². The molecule has 0 saturated heterocycles. The third-order valence-corrected chi connectivity index (χ3v) is 2.98. The van der Waals surface area contributed by atoms with Crippen molar-refractivity contribution >= 4 is 39.2 Å². The molecule has 0 aliphatic carbocycles. The van der Waals surface area contributed by atoms with Gasteiger partial charge in [0.15, 0.2) is 0 Å². The van der Waals surface area contributed by atoms with Crippen LogP contribution in [0.2, 0.25) is 5.02 Å². The number of hydrogen-bond donors (Lipinski definition) is 1. The molecular formula is C13H10BrClN2O2. The first-order valence-electron chi connectivity index (χ1n) is 5.38. The van der Waals surface area contributed by atoms with Crippen molar-refractivity contribution in [3.8, 4) is 0 Å². The van der Waals surface area contributed by atoms with Crippen molar-refractivity contribution < 1.29 is 9.53 Å². The van der Waals surface area contributed by atoms with Gasteiger partial charge in [0.2, 0.25) is 0 Å². The van der Waals surface area contributed by atoms with Gasteiger partial charge in [-0.2, -0.15) is 0 Å². The Morgan fingerprint density at radius 3 is 2.79 bits per heavy atom. The maximum absolute atomic E-state index is 11.8. The zero-order chi connectivity index (χ0) is 13.8. The third-order valence-electron chi connectivity index (χ3n) is 2.30. The molecule has 0 unspecified atom stereocenters. The highest BCUT2D eigenvalue weighted by Crippen LogP contribution is 2.17. The lowest BCUT2D eigenvalue weighted by Gasteiger charge is -2.05. The van der Waals surface area contributed by atoms with Crippen LogP contribution in [0.3, 0.4) is 0 Å². The van der Waals surface area contributed by atoms with Gasteiger partial charge in [0, 0.05) is 21.4 Å². The molecule has 1 aromatic heterocycles. The summed E-state index contributed by atoms with van der Waals surface area (Å²) in [5.74, 6) is -0.487.